The monoisotopic (exact) mass is 274 g/mol. The first-order valence-corrected chi connectivity index (χ1v) is 5.96. The zero-order valence-electron chi connectivity index (χ0n) is 10.9. The molecule has 0 amide bonds. The summed E-state index contributed by atoms with van der Waals surface area (Å²) in [6.45, 7) is 1.09. The van der Waals surface area contributed by atoms with Gasteiger partial charge in [-0.05, 0) is 11.1 Å². The van der Waals surface area contributed by atoms with Gasteiger partial charge in [-0.2, -0.15) is 0 Å². The zero-order valence-corrected chi connectivity index (χ0v) is 10.9. The Morgan fingerprint density at radius 1 is 1.30 bits per heavy atom. The van der Waals surface area contributed by atoms with E-state index in [0.29, 0.717) is 19.1 Å². The minimum absolute atomic E-state index is 0.127. The van der Waals surface area contributed by atoms with Gasteiger partial charge in [0.05, 0.1) is 11.5 Å². The van der Waals surface area contributed by atoms with E-state index < -0.39 is 4.92 Å². The molecule has 0 unspecified atom stereocenters. The number of anilines is 1. The maximum Gasteiger partial charge on any atom is 0.305 e. The van der Waals surface area contributed by atoms with Crippen LogP contribution < -0.4 is 5.32 Å². The van der Waals surface area contributed by atoms with Gasteiger partial charge in [-0.15, -0.1) is 0 Å². The second kappa shape index (κ2) is 6.58. The summed E-state index contributed by atoms with van der Waals surface area (Å²) in [4.78, 5) is 17.7. The van der Waals surface area contributed by atoms with Crippen molar-refractivity contribution in [2.24, 2.45) is 0 Å². The lowest BCUT2D eigenvalue weighted by Crippen LogP contribution is -2.04. The van der Waals surface area contributed by atoms with E-state index in [1.165, 1.54) is 12.4 Å². The van der Waals surface area contributed by atoms with Crippen LogP contribution in [0, 0.1) is 10.1 Å². The Bertz CT molecular complexity index is 586. The van der Waals surface area contributed by atoms with Crippen LogP contribution in [-0.4, -0.2) is 22.0 Å². The highest BCUT2D eigenvalue weighted by atomic mass is 16.6. The number of benzene rings is 1. The quantitative estimate of drug-likeness (QED) is 0.641. The lowest BCUT2D eigenvalue weighted by molar-refractivity contribution is -0.385. The molecule has 0 aliphatic carbocycles. The maximum absolute atomic E-state index is 10.5. The number of rotatable bonds is 6. The van der Waals surface area contributed by atoms with E-state index in [2.05, 4.69) is 15.3 Å². The normalized spacial score (nSPS) is 10.2. The van der Waals surface area contributed by atoms with Crippen LogP contribution in [0.1, 0.15) is 11.1 Å². The van der Waals surface area contributed by atoms with Gasteiger partial charge in [0.15, 0.2) is 0 Å². The molecule has 0 spiro atoms. The molecular weight excluding hydrogens is 260 g/mol. The average Bonchev–Trinajstić information content (AvgIpc) is 2.46. The van der Waals surface area contributed by atoms with Crippen molar-refractivity contribution in [3.05, 3.63) is 57.9 Å². The van der Waals surface area contributed by atoms with Gasteiger partial charge >= 0.3 is 5.69 Å². The van der Waals surface area contributed by atoms with Crippen molar-refractivity contribution >= 4 is 11.6 Å². The Morgan fingerprint density at radius 2 is 2.00 bits per heavy atom. The Hall–Kier alpha value is -2.54. The van der Waals surface area contributed by atoms with Crippen molar-refractivity contribution in [2.45, 2.75) is 13.2 Å². The predicted molar refractivity (Wildman–Crippen MR) is 73.2 cm³/mol. The van der Waals surface area contributed by atoms with Crippen molar-refractivity contribution in [3.8, 4) is 0 Å². The summed E-state index contributed by atoms with van der Waals surface area (Å²) >= 11 is 0. The highest BCUT2D eigenvalue weighted by Gasteiger charge is 2.06. The van der Waals surface area contributed by atoms with Gasteiger partial charge in [-0.25, -0.2) is 9.97 Å². The standard InChI is InChI=1S/C13H14N4O3/c1-20-9-11-4-2-3-10(5-11)6-14-13-15-7-12(8-16-13)17(18)19/h2-5,7-8H,6,9H2,1H3,(H,14,15,16). The summed E-state index contributed by atoms with van der Waals surface area (Å²) in [6, 6.07) is 7.91. The molecule has 0 aliphatic heterocycles. The summed E-state index contributed by atoms with van der Waals surface area (Å²) in [5.74, 6) is 0.354. The molecule has 0 fully saturated rings. The van der Waals surface area contributed by atoms with Crippen LogP contribution in [0.3, 0.4) is 0 Å². The number of hydrogen-bond acceptors (Lipinski definition) is 6. The molecule has 0 bridgehead atoms. The van der Waals surface area contributed by atoms with E-state index in [1.807, 2.05) is 24.3 Å². The fraction of sp³-hybridized carbons (Fsp3) is 0.231. The largest absolute Gasteiger partial charge is 0.380 e. The van der Waals surface area contributed by atoms with E-state index in [0.717, 1.165) is 11.1 Å². The number of nitrogens with one attached hydrogen (secondary N) is 1. The third-order valence-corrected chi connectivity index (χ3v) is 2.60. The van der Waals surface area contributed by atoms with Gasteiger partial charge in [-0.1, -0.05) is 24.3 Å². The molecule has 0 aliphatic rings. The van der Waals surface area contributed by atoms with Crippen LogP contribution in [0.2, 0.25) is 0 Å². The van der Waals surface area contributed by atoms with Gasteiger partial charge in [-0.3, -0.25) is 10.1 Å². The molecule has 1 N–H and O–H groups in total. The molecule has 0 saturated heterocycles. The third-order valence-electron chi connectivity index (χ3n) is 2.60. The number of nitro groups is 1. The Labute approximate surface area is 115 Å². The first-order valence-electron chi connectivity index (χ1n) is 5.96. The Balaban J connectivity index is 1.97. The van der Waals surface area contributed by atoms with Crippen molar-refractivity contribution < 1.29 is 9.66 Å². The van der Waals surface area contributed by atoms with Crippen LogP contribution in [0.4, 0.5) is 11.6 Å². The van der Waals surface area contributed by atoms with Gasteiger partial charge in [0.1, 0.15) is 12.4 Å². The van der Waals surface area contributed by atoms with Crippen molar-refractivity contribution in [2.75, 3.05) is 12.4 Å². The average molecular weight is 274 g/mol. The maximum atomic E-state index is 10.5. The van der Waals surface area contributed by atoms with Gasteiger partial charge in [0.25, 0.3) is 0 Å². The second-order valence-corrected chi connectivity index (χ2v) is 4.13. The van der Waals surface area contributed by atoms with Gasteiger partial charge in [0.2, 0.25) is 5.95 Å². The number of ether oxygens (including phenoxy) is 1. The molecule has 20 heavy (non-hydrogen) atoms. The van der Waals surface area contributed by atoms with Crippen LogP contribution in [-0.2, 0) is 17.9 Å². The number of aromatic nitrogens is 2. The molecule has 104 valence electrons. The number of hydrogen-bond donors (Lipinski definition) is 1. The topological polar surface area (TPSA) is 90.2 Å². The minimum Gasteiger partial charge on any atom is -0.380 e. The van der Waals surface area contributed by atoms with Crippen LogP contribution in [0.25, 0.3) is 0 Å². The molecule has 0 radical (unpaired) electrons. The highest BCUT2D eigenvalue weighted by molar-refractivity contribution is 5.32. The highest BCUT2D eigenvalue weighted by Crippen LogP contribution is 2.10. The van der Waals surface area contributed by atoms with Gasteiger partial charge < -0.3 is 10.1 Å². The van der Waals surface area contributed by atoms with Gasteiger partial charge in [0, 0.05) is 13.7 Å². The van der Waals surface area contributed by atoms with E-state index in [1.54, 1.807) is 7.11 Å². The molecular formula is C13H14N4O3. The lowest BCUT2D eigenvalue weighted by atomic mass is 10.1. The predicted octanol–water partition coefficient (Wildman–Crippen LogP) is 2.14. The van der Waals surface area contributed by atoms with Crippen molar-refractivity contribution in [1.29, 1.82) is 0 Å². The number of nitrogens with zero attached hydrogens (tertiary/aromatic N) is 3. The second-order valence-electron chi connectivity index (χ2n) is 4.13. The first-order chi connectivity index (χ1) is 9.69. The van der Waals surface area contributed by atoms with Crippen LogP contribution in [0.5, 0.6) is 0 Å². The van der Waals surface area contributed by atoms with Crippen molar-refractivity contribution in [3.63, 3.8) is 0 Å². The van der Waals surface area contributed by atoms with E-state index >= 15 is 0 Å². The SMILES string of the molecule is COCc1cccc(CNc2ncc([N+](=O)[O-])cn2)c1. The summed E-state index contributed by atoms with van der Waals surface area (Å²) in [7, 11) is 1.65. The first kappa shape index (κ1) is 13.9. The minimum atomic E-state index is -0.530. The Morgan fingerprint density at radius 3 is 2.65 bits per heavy atom. The molecule has 7 heteroatoms. The molecule has 1 aromatic heterocycles. The van der Waals surface area contributed by atoms with E-state index in [4.69, 9.17) is 4.74 Å². The van der Waals surface area contributed by atoms with E-state index in [-0.39, 0.29) is 5.69 Å². The molecule has 2 aromatic rings. The van der Waals surface area contributed by atoms with Crippen molar-refractivity contribution in [1.82, 2.24) is 9.97 Å². The molecule has 1 heterocycles. The lowest BCUT2D eigenvalue weighted by Gasteiger charge is -2.06. The fourth-order valence-corrected chi connectivity index (χ4v) is 1.68. The molecule has 7 nitrogen and oxygen atoms in total. The van der Waals surface area contributed by atoms with Crippen LogP contribution >= 0.6 is 0 Å². The zero-order chi connectivity index (χ0) is 14.4. The third kappa shape index (κ3) is 3.72. The molecule has 0 atom stereocenters. The molecule has 0 saturated carbocycles. The molecule has 1 aromatic carbocycles. The summed E-state index contributed by atoms with van der Waals surface area (Å²) < 4.78 is 5.07. The molecule has 2 rings (SSSR count). The van der Waals surface area contributed by atoms with Crippen LogP contribution in [0.15, 0.2) is 36.7 Å². The van der Waals surface area contributed by atoms with E-state index in [9.17, 15) is 10.1 Å². The fourth-order valence-electron chi connectivity index (χ4n) is 1.68. The summed E-state index contributed by atoms with van der Waals surface area (Å²) in [6.07, 6.45) is 2.35. The summed E-state index contributed by atoms with van der Waals surface area (Å²) in [5, 5.41) is 13.5. The Kier molecular flexibility index (Phi) is 4.56. The number of methoxy groups -OCH3 is 1. The summed E-state index contributed by atoms with van der Waals surface area (Å²) in [5.41, 5.74) is 2.01. The smallest absolute Gasteiger partial charge is 0.305 e.